The number of rotatable bonds is 6. The Bertz CT molecular complexity index is 1730. The van der Waals surface area contributed by atoms with Gasteiger partial charge in [0.15, 0.2) is 0 Å². The number of carbonyl (C=O) groups excluding carboxylic acids is 2. The van der Waals surface area contributed by atoms with E-state index in [1.54, 1.807) is 24.3 Å². The Kier molecular flexibility index (Phi) is 8.48. The van der Waals surface area contributed by atoms with Crippen molar-refractivity contribution in [3.63, 3.8) is 0 Å². The minimum Gasteiger partial charge on any atom is -0.508 e. The normalized spacial score (nSPS) is 10.4. The number of carbonyl (C=O) groups is 3. The zero-order valence-corrected chi connectivity index (χ0v) is 21.9. The van der Waals surface area contributed by atoms with E-state index in [1.165, 1.54) is 13.0 Å². The molecule has 0 aliphatic carbocycles. The second-order valence-corrected chi connectivity index (χ2v) is 9.03. The molecule has 0 atom stereocenters. The van der Waals surface area contributed by atoms with Crippen LogP contribution in [0.4, 0.5) is 17.1 Å². The molecule has 0 fully saturated rings. The number of aromatic nitrogens is 2. The van der Waals surface area contributed by atoms with Gasteiger partial charge in [0.2, 0.25) is 5.91 Å². The highest BCUT2D eigenvalue weighted by Crippen LogP contribution is 2.22. The van der Waals surface area contributed by atoms with Crippen LogP contribution in [0.15, 0.2) is 91.1 Å². The summed E-state index contributed by atoms with van der Waals surface area (Å²) in [6.45, 7) is 2.04. The number of amides is 2. The van der Waals surface area contributed by atoms with E-state index in [1.807, 2.05) is 53.3 Å². The molecule has 0 saturated heterocycles. The number of anilines is 3. The summed E-state index contributed by atoms with van der Waals surface area (Å²) in [6, 6.07) is 23.4. The van der Waals surface area contributed by atoms with Crippen LogP contribution in [0.5, 0.6) is 11.5 Å². The van der Waals surface area contributed by atoms with Crippen LogP contribution in [0.1, 0.15) is 33.2 Å². The number of carboxylic acid groups (broad SMARTS) is 1. The number of nitrogens with zero attached hydrogens (tertiary/aromatic N) is 2. The van der Waals surface area contributed by atoms with Crippen molar-refractivity contribution in [1.29, 1.82) is 0 Å². The molecule has 4 aromatic carbocycles. The van der Waals surface area contributed by atoms with Crippen molar-refractivity contribution in [1.82, 2.24) is 9.78 Å². The van der Waals surface area contributed by atoms with Gasteiger partial charge in [0, 0.05) is 29.8 Å². The van der Waals surface area contributed by atoms with Crippen molar-refractivity contribution in [3.8, 4) is 11.5 Å². The average Bonchev–Trinajstić information content (AvgIpc) is 3.33. The number of aromatic carboxylic acids is 1. The third-order valence-corrected chi connectivity index (χ3v) is 5.86. The van der Waals surface area contributed by atoms with Gasteiger partial charge in [-0.05, 0) is 66.2 Å². The molecule has 0 bridgehead atoms. The summed E-state index contributed by atoms with van der Waals surface area (Å²) >= 11 is 0. The van der Waals surface area contributed by atoms with Gasteiger partial charge in [0.05, 0.1) is 23.4 Å². The number of aromatic hydroxyl groups is 2. The monoisotopic (exact) mass is 553 g/mol. The van der Waals surface area contributed by atoms with Gasteiger partial charge >= 0.3 is 5.97 Å². The Hall–Kier alpha value is -5.84. The fourth-order valence-corrected chi connectivity index (χ4v) is 3.88. The van der Waals surface area contributed by atoms with Crippen LogP contribution < -0.4 is 16.4 Å². The molecule has 0 spiro atoms. The predicted octanol–water partition coefficient (Wildman–Crippen LogP) is 4.67. The second-order valence-electron chi connectivity index (χ2n) is 9.03. The van der Waals surface area contributed by atoms with Gasteiger partial charge in [-0.3, -0.25) is 14.3 Å². The smallest absolute Gasteiger partial charge is 0.339 e. The highest BCUT2D eigenvalue weighted by Gasteiger charge is 2.10. The third-order valence-electron chi connectivity index (χ3n) is 5.86. The summed E-state index contributed by atoms with van der Waals surface area (Å²) in [5, 5.41) is 37.3. The number of para-hydroxylation sites is 2. The number of nitrogens with one attached hydrogen (secondary N) is 2. The Balaban J connectivity index is 0.000000296. The zero-order valence-electron chi connectivity index (χ0n) is 21.9. The van der Waals surface area contributed by atoms with Crippen LogP contribution >= 0.6 is 0 Å². The molecule has 0 saturated carbocycles. The van der Waals surface area contributed by atoms with Crippen LogP contribution in [0.25, 0.3) is 10.9 Å². The Morgan fingerprint density at radius 2 is 1.63 bits per heavy atom. The van der Waals surface area contributed by atoms with E-state index >= 15 is 0 Å². The lowest BCUT2D eigenvalue weighted by molar-refractivity contribution is -0.114. The van der Waals surface area contributed by atoms with Gasteiger partial charge in [-0.2, -0.15) is 5.10 Å². The molecule has 41 heavy (non-hydrogen) atoms. The van der Waals surface area contributed by atoms with Gasteiger partial charge in [-0.15, -0.1) is 0 Å². The molecular weight excluding hydrogens is 526 g/mol. The highest BCUT2D eigenvalue weighted by atomic mass is 16.4. The molecule has 0 radical (unpaired) electrons. The average molecular weight is 554 g/mol. The van der Waals surface area contributed by atoms with Crippen LogP contribution in [0, 0.1) is 0 Å². The first-order valence-corrected chi connectivity index (χ1v) is 12.3. The van der Waals surface area contributed by atoms with Crippen LogP contribution in [0.3, 0.4) is 0 Å². The van der Waals surface area contributed by atoms with E-state index < -0.39 is 5.97 Å². The molecule has 0 unspecified atom stereocenters. The molecule has 2 amide bonds. The second kappa shape index (κ2) is 12.3. The number of hydrogen-bond donors (Lipinski definition) is 6. The van der Waals surface area contributed by atoms with Crippen LogP contribution in [-0.4, -0.2) is 42.9 Å². The van der Waals surface area contributed by atoms with Crippen molar-refractivity contribution >= 4 is 45.7 Å². The summed E-state index contributed by atoms with van der Waals surface area (Å²) in [6.07, 6.45) is 1.95. The van der Waals surface area contributed by atoms with Gasteiger partial charge in [-0.25, -0.2) is 4.79 Å². The van der Waals surface area contributed by atoms with Gasteiger partial charge in [0.1, 0.15) is 17.1 Å². The summed E-state index contributed by atoms with van der Waals surface area (Å²) in [4.78, 5) is 34.0. The first kappa shape index (κ1) is 28.2. The summed E-state index contributed by atoms with van der Waals surface area (Å²) < 4.78 is 1.84. The van der Waals surface area contributed by atoms with E-state index in [4.69, 9.17) is 21.1 Å². The highest BCUT2D eigenvalue weighted by molar-refractivity contribution is 6.05. The maximum Gasteiger partial charge on any atom is 0.339 e. The van der Waals surface area contributed by atoms with Gasteiger partial charge in [-0.1, -0.05) is 24.3 Å². The molecule has 1 heterocycles. The van der Waals surface area contributed by atoms with E-state index in [0.717, 1.165) is 34.3 Å². The fourth-order valence-electron chi connectivity index (χ4n) is 3.88. The quantitative estimate of drug-likeness (QED) is 0.130. The van der Waals surface area contributed by atoms with Crippen molar-refractivity contribution in [3.05, 3.63) is 108 Å². The van der Waals surface area contributed by atoms with E-state index in [-0.39, 0.29) is 28.9 Å². The molecule has 0 aliphatic heterocycles. The number of nitrogens with two attached hydrogens (primary N) is 1. The summed E-state index contributed by atoms with van der Waals surface area (Å²) in [5.74, 6) is -2.13. The SMILES string of the molecule is CC(=O)Nc1ccc2cn(Cc3ccc(C(=O)Nc4ccccc4N)cc3)nc2c1.O=C(O)c1cc(O)ccc1O. The standard InChI is InChI=1S/C23H21N5O2.C7H6O4/c1-15(29)25-19-11-10-18-14-28(27-22(18)12-19)13-16-6-8-17(9-7-16)23(30)26-21-5-3-2-4-20(21)24;8-4-1-2-6(9)5(3-4)7(10)11/h2-12,14H,13,24H2,1H3,(H,25,29)(H,26,30);1-3,8-9H,(H,10,11). The molecule has 11 heteroatoms. The molecular formula is C30H27N5O6. The molecule has 208 valence electrons. The molecule has 5 aromatic rings. The Morgan fingerprint density at radius 3 is 2.29 bits per heavy atom. The molecule has 7 N–H and O–H groups in total. The number of carboxylic acids is 1. The first-order valence-electron chi connectivity index (χ1n) is 12.3. The van der Waals surface area contributed by atoms with E-state index in [0.29, 0.717) is 23.5 Å². The number of phenolic OH excluding ortho intramolecular Hbond substituents is 1. The van der Waals surface area contributed by atoms with Gasteiger partial charge in [0.25, 0.3) is 5.91 Å². The molecule has 1 aromatic heterocycles. The molecule has 11 nitrogen and oxygen atoms in total. The maximum absolute atomic E-state index is 12.4. The van der Waals surface area contributed by atoms with Gasteiger partial charge < -0.3 is 31.7 Å². The number of phenols is 2. The largest absolute Gasteiger partial charge is 0.508 e. The number of nitrogen functional groups attached to an aromatic ring is 1. The lowest BCUT2D eigenvalue weighted by Crippen LogP contribution is -2.13. The maximum atomic E-state index is 12.4. The zero-order chi connectivity index (χ0) is 29.5. The van der Waals surface area contributed by atoms with Crippen molar-refractivity contribution in [2.45, 2.75) is 13.5 Å². The van der Waals surface area contributed by atoms with Crippen LogP contribution in [-0.2, 0) is 11.3 Å². The lowest BCUT2D eigenvalue weighted by Gasteiger charge is -2.08. The topological polar surface area (TPSA) is 180 Å². The molecule has 0 aliphatic rings. The van der Waals surface area contributed by atoms with Crippen molar-refractivity contribution in [2.24, 2.45) is 0 Å². The Labute approximate surface area is 234 Å². The summed E-state index contributed by atoms with van der Waals surface area (Å²) in [7, 11) is 0. The molecule has 5 rings (SSSR count). The summed E-state index contributed by atoms with van der Waals surface area (Å²) in [5.41, 5.74) is 9.77. The fraction of sp³-hybridized carbons (Fsp3) is 0.0667. The lowest BCUT2D eigenvalue weighted by atomic mass is 10.1. The Morgan fingerprint density at radius 1 is 0.902 bits per heavy atom. The van der Waals surface area contributed by atoms with Crippen LogP contribution in [0.2, 0.25) is 0 Å². The number of fused-ring (bicyclic) bond motifs is 1. The minimum absolute atomic E-state index is 0.118. The van der Waals surface area contributed by atoms with Crippen molar-refractivity contribution in [2.75, 3.05) is 16.4 Å². The number of benzene rings is 4. The number of hydrogen-bond acceptors (Lipinski definition) is 7. The first-order chi connectivity index (χ1) is 19.6. The predicted molar refractivity (Wildman–Crippen MR) is 155 cm³/mol. The van der Waals surface area contributed by atoms with Crippen molar-refractivity contribution < 1.29 is 29.7 Å². The third kappa shape index (κ3) is 7.39. The minimum atomic E-state index is -1.27. The van der Waals surface area contributed by atoms with E-state index in [2.05, 4.69) is 15.7 Å². The van der Waals surface area contributed by atoms with E-state index in [9.17, 15) is 14.4 Å².